The van der Waals surface area contributed by atoms with E-state index in [1.165, 1.54) is 12.1 Å². The van der Waals surface area contributed by atoms with Crippen LogP contribution < -0.4 is 10.1 Å². The molecule has 3 aromatic rings. The van der Waals surface area contributed by atoms with Crippen LogP contribution in [-0.2, 0) is 6.18 Å². The highest BCUT2D eigenvalue weighted by Crippen LogP contribution is 2.39. The molecule has 126 valence electrons. The molecule has 0 saturated heterocycles. The van der Waals surface area contributed by atoms with E-state index < -0.39 is 23.9 Å². The van der Waals surface area contributed by atoms with Crippen LogP contribution in [0, 0.1) is 0 Å². The summed E-state index contributed by atoms with van der Waals surface area (Å²) in [6.45, 7) is 0. The lowest BCUT2D eigenvalue weighted by molar-refractivity contribution is -0.137. The van der Waals surface area contributed by atoms with Crippen LogP contribution in [0.2, 0.25) is 0 Å². The highest BCUT2D eigenvalue weighted by atomic mass is 19.4. The smallest absolute Gasteiger partial charge is 0.410 e. The Hall–Kier alpha value is -3.02. The Morgan fingerprint density at radius 3 is 2.36 bits per heavy atom. The third-order valence-corrected chi connectivity index (χ3v) is 4.26. The lowest BCUT2D eigenvalue weighted by Crippen LogP contribution is -2.36. The molecule has 1 unspecified atom stereocenters. The molecule has 4 rings (SSSR count). The van der Waals surface area contributed by atoms with Crippen molar-refractivity contribution in [3.8, 4) is 5.75 Å². The van der Waals surface area contributed by atoms with Crippen LogP contribution in [0.15, 0.2) is 60.7 Å². The molecule has 1 aliphatic heterocycles. The van der Waals surface area contributed by atoms with Gasteiger partial charge in [0.2, 0.25) is 0 Å². The Balaban J connectivity index is 1.87. The van der Waals surface area contributed by atoms with Gasteiger partial charge in [-0.05, 0) is 34.5 Å². The first-order chi connectivity index (χ1) is 11.9. The second-order valence-electron chi connectivity index (χ2n) is 5.79. The zero-order valence-corrected chi connectivity index (χ0v) is 12.8. The molecule has 0 aromatic heterocycles. The summed E-state index contributed by atoms with van der Waals surface area (Å²) in [7, 11) is 0. The number of ether oxygens (including phenoxy) is 1. The molecule has 0 aliphatic carbocycles. The minimum Gasteiger partial charge on any atom is -0.410 e. The summed E-state index contributed by atoms with van der Waals surface area (Å²) in [6.07, 6.45) is -5.03. The molecule has 0 saturated carbocycles. The standard InChI is InChI=1S/C19H12F3NO2/c20-19(21,22)13-8-5-12(6-9-13)17-16-14-4-2-1-3-11(14)7-10-15(16)25-18(24)23-17/h1-10,17H,(H,23,24). The van der Waals surface area contributed by atoms with Gasteiger partial charge in [0.05, 0.1) is 11.6 Å². The van der Waals surface area contributed by atoms with Gasteiger partial charge in [-0.1, -0.05) is 42.5 Å². The molecule has 0 spiro atoms. The van der Waals surface area contributed by atoms with E-state index in [-0.39, 0.29) is 0 Å². The van der Waals surface area contributed by atoms with Crippen molar-refractivity contribution in [1.82, 2.24) is 5.32 Å². The average Bonchev–Trinajstić information content (AvgIpc) is 2.60. The summed E-state index contributed by atoms with van der Waals surface area (Å²) in [5, 5.41) is 4.53. The van der Waals surface area contributed by atoms with E-state index in [1.54, 1.807) is 6.07 Å². The fraction of sp³-hybridized carbons (Fsp3) is 0.105. The second kappa shape index (κ2) is 5.51. The Bertz CT molecular complexity index is 965. The van der Waals surface area contributed by atoms with Crippen molar-refractivity contribution in [1.29, 1.82) is 0 Å². The van der Waals surface area contributed by atoms with Gasteiger partial charge in [-0.3, -0.25) is 0 Å². The molecule has 0 fully saturated rings. The van der Waals surface area contributed by atoms with Gasteiger partial charge >= 0.3 is 12.3 Å². The number of hydrogen-bond donors (Lipinski definition) is 1. The van der Waals surface area contributed by atoms with Crippen molar-refractivity contribution in [2.45, 2.75) is 12.2 Å². The third kappa shape index (κ3) is 2.69. The fourth-order valence-electron chi connectivity index (χ4n) is 3.10. The summed E-state index contributed by atoms with van der Waals surface area (Å²) in [4.78, 5) is 11.9. The Kier molecular flexibility index (Phi) is 3.42. The van der Waals surface area contributed by atoms with Crippen LogP contribution in [0.4, 0.5) is 18.0 Å². The molecule has 1 heterocycles. The number of carbonyl (C=O) groups is 1. The first-order valence-corrected chi connectivity index (χ1v) is 7.60. The number of amides is 1. The second-order valence-corrected chi connectivity index (χ2v) is 5.79. The number of fused-ring (bicyclic) bond motifs is 3. The number of halogens is 3. The maximum absolute atomic E-state index is 12.8. The van der Waals surface area contributed by atoms with Crippen LogP contribution in [-0.4, -0.2) is 6.09 Å². The van der Waals surface area contributed by atoms with Crippen LogP contribution in [0.5, 0.6) is 5.75 Å². The monoisotopic (exact) mass is 343 g/mol. The minimum atomic E-state index is -4.40. The lowest BCUT2D eigenvalue weighted by atomic mass is 9.91. The van der Waals surface area contributed by atoms with Crippen LogP contribution in [0.3, 0.4) is 0 Å². The van der Waals surface area contributed by atoms with Gasteiger partial charge in [0.1, 0.15) is 5.75 Å². The van der Waals surface area contributed by atoms with Crippen molar-refractivity contribution < 1.29 is 22.7 Å². The molecule has 25 heavy (non-hydrogen) atoms. The van der Waals surface area contributed by atoms with Crippen LogP contribution in [0.25, 0.3) is 10.8 Å². The largest absolute Gasteiger partial charge is 0.416 e. The minimum absolute atomic E-state index is 0.410. The first kappa shape index (κ1) is 15.5. The number of hydrogen-bond acceptors (Lipinski definition) is 2. The van der Waals surface area contributed by atoms with Crippen molar-refractivity contribution in [2.24, 2.45) is 0 Å². The number of carbonyl (C=O) groups excluding carboxylic acids is 1. The van der Waals surface area contributed by atoms with E-state index >= 15 is 0 Å². The van der Waals surface area contributed by atoms with Gasteiger partial charge in [0, 0.05) is 5.56 Å². The molecule has 3 nitrogen and oxygen atoms in total. The molecular formula is C19H12F3NO2. The molecule has 1 aliphatic rings. The Morgan fingerprint density at radius 1 is 0.920 bits per heavy atom. The number of alkyl halides is 3. The number of rotatable bonds is 1. The normalized spacial score (nSPS) is 16.9. The number of benzene rings is 3. The predicted octanol–water partition coefficient (Wildman–Crippen LogP) is 5.05. The zero-order chi connectivity index (χ0) is 17.6. The average molecular weight is 343 g/mol. The molecular weight excluding hydrogens is 331 g/mol. The highest BCUT2D eigenvalue weighted by Gasteiger charge is 2.32. The summed E-state index contributed by atoms with van der Waals surface area (Å²) >= 11 is 0. The van der Waals surface area contributed by atoms with Crippen LogP contribution in [0.1, 0.15) is 22.7 Å². The third-order valence-electron chi connectivity index (χ3n) is 4.26. The van der Waals surface area contributed by atoms with Gasteiger partial charge in [0.15, 0.2) is 0 Å². The van der Waals surface area contributed by atoms with Gasteiger partial charge in [0.25, 0.3) is 0 Å². The van der Waals surface area contributed by atoms with E-state index in [2.05, 4.69) is 5.32 Å². The summed E-state index contributed by atoms with van der Waals surface area (Å²) in [5.41, 5.74) is 0.562. The molecule has 1 atom stereocenters. The van der Waals surface area contributed by atoms with E-state index in [1.807, 2.05) is 30.3 Å². The first-order valence-electron chi connectivity index (χ1n) is 7.60. The van der Waals surface area contributed by atoms with Gasteiger partial charge < -0.3 is 10.1 Å². The quantitative estimate of drug-likeness (QED) is 0.671. The van der Waals surface area contributed by atoms with Crippen molar-refractivity contribution in [3.63, 3.8) is 0 Å². The van der Waals surface area contributed by atoms with Crippen molar-refractivity contribution in [3.05, 3.63) is 77.4 Å². The van der Waals surface area contributed by atoms with E-state index in [9.17, 15) is 18.0 Å². The molecule has 1 amide bonds. The van der Waals surface area contributed by atoms with Crippen LogP contribution >= 0.6 is 0 Å². The topological polar surface area (TPSA) is 38.3 Å². The maximum Gasteiger partial charge on any atom is 0.416 e. The van der Waals surface area contributed by atoms with Gasteiger partial charge in [-0.15, -0.1) is 0 Å². The SMILES string of the molecule is O=C1NC(c2ccc(C(F)(F)F)cc2)c2c(ccc3ccccc23)O1. The summed E-state index contributed by atoms with van der Waals surface area (Å²) < 4.78 is 43.6. The highest BCUT2D eigenvalue weighted by molar-refractivity contribution is 5.91. The molecule has 6 heteroatoms. The fourth-order valence-corrected chi connectivity index (χ4v) is 3.10. The molecule has 0 radical (unpaired) electrons. The van der Waals surface area contributed by atoms with Gasteiger partial charge in [-0.25, -0.2) is 4.79 Å². The van der Waals surface area contributed by atoms with E-state index in [0.717, 1.165) is 28.5 Å². The molecule has 1 N–H and O–H groups in total. The van der Waals surface area contributed by atoms with Crippen molar-refractivity contribution in [2.75, 3.05) is 0 Å². The summed E-state index contributed by atoms with van der Waals surface area (Å²) in [6, 6.07) is 15.3. The molecule has 3 aromatic carbocycles. The van der Waals surface area contributed by atoms with E-state index in [0.29, 0.717) is 11.3 Å². The van der Waals surface area contributed by atoms with Crippen molar-refractivity contribution >= 4 is 16.9 Å². The zero-order valence-electron chi connectivity index (χ0n) is 12.8. The number of nitrogens with one attached hydrogen (secondary N) is 1. The van der Waals surface area contributed by atoms with Gasteiger partial charge in [-0.2, -0.15) is 13.2 Å². The predicted molar refractivity (Wildman–Crippen MR) is 86.4 cm³/mol. The Morgan fingerprint density at radius 2 is 1.64 bits per heavy atom. The maximum atomic E-state index is 12.8. The summed E-state index contributed by atoms with van der Waals surface area (Å²) in [5.74, 6) is 0.410. The molecule has 0 bridgehead atoms. The van der Waals surface area contributed by atoms with E-state index in [4.69, 9.17) is 4.74 Å². The lowest BCUT2D eigenvalue weighted by Gasteiger charge is -2.28. The Labute approximate surface area is 141 Å².